The first kappa shape index (κ1) is 17.0. The molecular formula is C18H15BrO4. The number of carbonyl (C=O) groups excluding carboxylic acids is 1. The van der Waals surface area contributed by atoms with Gasteiger partial charge < -0.3 is 9.84 Å². The molecule has 0 saturated carbocycles. The molecule has 0 aliphatic heterocycles. The van der Waals surface area contributed by atoms with Gasteiger partial charge in [-0.2, -0.15) is 0 Å². The molecule has 0 bridgehead atoms. The fourth-order valence-corrected chi connectivity index (χ4v) is 2.34. The van der Waals surface area contributed by atoms with Crippen molar-refractivity contribution in [2.24, 2.45) is 0 Å². The number of ether oxygens (including phenoxy) is 1. The van der Waals surface area contributed by atoms with E-state index in [0.717, 1.165) is 10.0 Å². The highest BCUT2D eigenvalue weighted by atomic mass is 79.9. The fourth-order valence-electron chi connectivity index (χ4n) is 2.07. The van der Waals surface area contributed by atoms with Gasteiger partial charge in [-0.25, -0.2) is 0 Å². The molecular weight excluding hydrogens is 360 g/mol. The Kier molecular flexibility index (Phi) is 5.71. The zero-order valence-corrected chi connectivity index (χ0v) is 14.0. The third kappa shape index (κ3) is 4.79. The summed E-state index contributed by atoms with van der Waals surface area (Å²) in [6.45, 7) is 0. The third-order valence-electron chi connectivity index (χ3n) is 3.20. The summed E-state index contributed by atoms with van der Waals surface area (Å²) in [4.78, 5) is 23.1. The smallest absolute Gasteiger partial charge is 0.307 e. The van der Waals surface area contributed by atoms with Crippen LogP contribution in [-0.2, 0) is 11.2 Å². The van der Waals surface area contributed by atoms with Gasteiger partial charge in [-0.05, 0) is 42.0 Å². The van der Waals surface area contributed by atoms with Crippen LogP contribution >= 0.6 is 15.9 Å². The zero-order chi connectivity index (χ0) is 16.8. The summed E-state index contributed by atoms with van der Waals surface area (Å²) in [5.41, 5.74) is 1.80. The van der Waals surface area contributed by atoms with Crippen molar-refractivity contribution in [1.82, 2.24) is 0 Å². The van der Waals surface area contributed by atoms with Crippen LogP contribution in [0.5, 0.6) is 5.75 Å². The predicted octanol–water partition coefficient (Wildman–Crippen LogP) is 3.98. The van der Waals surface area contributed by atoms with Crippen molar-refractivity contribution in [3.05, 3.63) is 69.7 Å². The molecule has 0 aromatic heterocycles. The van der Waals surface area contributed by atoms with Gasteiger partial charge >= 0.3 is 5.97 Å². The number of carbonyl (C=O) groups is 2. The highest BCUT2D eigenvalue weighted by Crippen LogP contribution is 2.21. The molecule has 0 aliphatic rings. The molecule has 2 aromatic carbocycles. The lowest BCUT2D eigenvalue weighted by molar-refractivity contribution is -0.136. The largest absolute Gasteiger partial charge is 0.496 e. The standard InChI is InChI=1S/C18H15BrO4/c1-23-17-9-5-13(10-14(17)11-18(21)22)16(20)8-4-12-2-6-15(19)7-3-12/h2-10H,11H2,1H3,(H,21,22)/b8-4+. The second kappa shape index (κ2) is 7.74. The van der Waals surface area contributed by atoms with Gasteiger partial charge in [0.25, 0.3) is 0 Å². The number of methoxy groups -OCH3 is 1. The number of hydrogen-bond donors (Lipinski definition) is 1. The summed E-state index contributed by atoms with van der Waals surface area (Å²) < 4.78 is 6.09. The number of allylic oxidation sites excluding steroid dienone is 1. The van der Waals surface area contributed by atoms with E-state index in [1.165, 1.54) is 13.2 Å². The number of hydrogen-bond acceptors (Lipinski definition) is 3. The number of aliphatic carboxylic acids is 1. The van der Waals surface area contributed by atoms with Gasteiger partial charge in [0, 0.05) is 15.6 Å². The summed E-state index contributed by atoms with van der Waals surface area (Å²) >= 11 is 3.35. The molecule has 118 valence electrons. The Hall–Kier alpha value is -2.40. The topological polar surface area (TPSA) is 63.6 Å². The average molecular weight is 375 g/mol. The second-order valence-corrected chi connectivity index (χ2v) is 5.76. The van der Waals surface area contributed by atoms with Crippen molar-refractivity contribution in [2.45, 2.75) is 6.42 Å². The Balaban J connectivity index is 2.21. The average Bonchev–Trinajstić information content (AvgIpc) is 2.53. The number of benzene rings is 2. The molecule has 0 fully saturated rings. The van der Waals surface area contributed by atoms with Crippen LogP contribution in [-0.4, -0.2) is 24.0 Å². The molecule has 0 saturated heterocycles. The monoisotopic (exact) mass is 374 g/mol. The van der Waals surface area contributed by atoms with E-state index in [2.05, 4.69) is 15.9 Å². The Morgan fingerprint density at radius 2 is 1.87 bits per heavy atom. The van der Waals surface area contributed by atoms with Crippen LogP contribution in [0.3, 0.4) is 0 Å². The van der Waals surface area contributed by atoms with Gasteiger partial charge in [-0.15, -0.1) is 0 Å². The van der Waals surface area contributed by atoms with Crippen molar-refractivity contribution >= 4 is 33.8 Å². The van der Waals surface area contributed by atoms with Crippen molar-refractivity contribution in [1.29, 1.82) is 0 Å². The number of halogens is 1. The van der Waals surface area contributed by atoms with E-state index in [0.29, 0.717) is 16.9 Å². The Labute approximate surface area is 142 Å². The highest BCUT2D eigenvalue weighted by Gasteiger charge is 2.11. The first-order valence-corrected chi connectivity index (χ1v) is 7.65. The maximum absolute atomic E-state index is 12.2. The van der Waals surface area contributed by atoms with E-state index in [4.69, 9.17) is 9.84 Å². The normalized spacial score (nSPS) is 10.7. The molecule has 0 amide bonds. The van der Waals surface area contributed by atoms with Gasteiger partial charge in [0.1, 0.15) is 5.75 Å². The van der Waals surface area contributed by atoms with Crippen molar-refractivity contribution in [3.8, 4) is 5.75 Å². The molecule has 5 heteroatoms. The molecule has 0 aliphatic carbocycles. The van der Waals surface area contributed by atoms with Gasteiger partial charge in [-0.3, -0.25) is 9.59 Å². The molecule has 1 N–H and O–H groups in total. The number of ketones is 1. The molecule has 2 rings (SSSR count). The second-order valence-electron chi connectivity index (χ2n) is 4.85. The summed E-state index contributed by atoms with van der Waals surface area (Å²) in [5, 5.41) is 8.93. The Morgan fingerprint density at radius 3 is 2.48 bits per heavy atom. The minimum atomic E-state index is -0.974. The van der Waals surface area contributed by atoms with Crippen LogP contribution in [0.4, 0.5) is 0 Å². The van der Waals surface area contributed by atoms with E-state index in [1.54, 1.807) is 24.3 Å². The van der Waals surface area contributed by atoms with Crippen LogP contribution in [0.2, 0.25) is 0 Å². The van der Waals surface area contributed by atoms with Crippen LogP contribution < -0.4 is 4.74 Å². The molecule has 0 radical (unpaired) electrons. The third-order valence-corrected chi connectivity index (χ3v) is 3.73. The number of carboxylic acid groups (broad SMARTS) is 1. The maximum atomic E-state index is 12.2. The summed E-state index contributed by atoms with van der Waals surface area (Å²) in [5.74, 6) is -0.707. The Bertz CT molecular complexity index is 748. The lowest BCUT2D eigenvalue weighted by atomic mass is 10.0. The lowest BCUT2D eigenvalue weighted by Crippen LogP contribution is -2.04. The van der Waals surface area contributed by atoms with E-state index in [9.17, 15) is 9.59 Å². The minimum Gasteiger partial charge on any atom is -0.496 e. The molecule has 4 nitrogen and oxygen atoms in total. The lowest BCUT2D eigenvalue weighted by Gasteiger charge is -2.08. The fraction of sp³-hybridized carbons (Fsp3) is 0.111. The predicted molar refractivity (Wildman–Crippen MR) is 91.8 cm³/mol. The molecule has 2 aromatic rings. The minimum absolute atomic E-state index is 0.192. The number of carboxylic acids is 1. The maximum Gasteiger partial charge on any atom is 0.307 e. The molecule has 0 spiro atoms. The number of rotatable bonds is 6. The summed E-state index contributed by atoms with van der Waals surface area (Å²) in [7, 11) is 1.47. The first-order chi connectivity index (χ1) is 11.0. The van der Waals surface area contributed by atoms with Gasteiger partial charge in [0.05, 0.1) is 13.5 Å². The molecule has 0 atom stereocenters. The van der Waals surface area contributed by atoms with Crippen LogP contribution in [0, 0.1) is 0 Å². The Morgan fingerprint density at radius 1 is 1.17 bits per heavy atom. The van der Waals surface area contributed by atoms with Crippen LogP contribution in [0.15, 0.2) is 53.0 Å². The SMILES string of the molecule is COc1ccc(C(=O)/C=C/c2ccc(Br)cc2)cc1CC(=O)O. The molecule has 23 heavy (non-hydrogen) atoms. The van der Waals surface area contributed by atoms with Gasteiger partial charge in [0.2, 0.25) is 0 Å². The first-order valence-electron chi connectivity index (χ1n) is 6.86. The van der Waals surface area contributed by atoms with Crippen LogP contribution in [0.1, 0.15) is 21.5 Å². The van der Waals surface area contributed by atoms with Gasteiger partial charge in [0.15, 0.2) is 5.78 Å². The molecule has 0 heterocycles. The van der Waals surface area contributed by atoms with Crippen molar-refractivity contribution in [3.63, 3.8) is 0 Å². The van der Waals surface area contributed by atoms with E-state index in [-0.39, 0.29) is 12.2 Å². The van der Waals surface area contributed by atoms with E-state index in [1.807, 2.05) is 24.3 Å². The quantitative estimate of drug-likeness (QED) is 0.613. The van der Waals surface area contributed by atoms with E-state index < -0.39 is 5.97 Å². The highest BCUT2D eigenvalue weighted by molar-refractivity contribution is 9.10. The summed E-state index contributed by atoms with van der Waals surface area (Å²) in [6, 6.07) is 12.3. The summed E-state index contributed by atoms with van der Waals surface area (Å²) in [6.07, 6.45) is 2.99. The van der Waals surface area contributed by atoms with Crippen molar-refractivity contribution in [2.75, 3.05) is 7.11 Å². The van der Waals surface area contributed by atoms with Crippen molar-refractivity contribution < 1.29 is 19.4 Å². The van der Waals surface area contributed by atoms with Crippen LogP contribution in [0.25, 0.3) is 6.08 Å². The van der Waals surface area contributed by atoms with E-state index >= 15 is 0 Å². The molecule has 0 unspecified atom stereocenters. The van der Waals surface area contributed by atoms with Gasteiger partial charge in [-0.1, -0.05) is 34.1 Å². The zero-order valence-electron chi connectivity index (χ0n) is 12.5.